The number of nitrogens with one attached hydrogen (secondary N) is 1. The first-order valence-corrected chi connectivity index (χ1v) is 5.97. The van der Waals surface area contributed by atoms with Crippen LogP contribution in [-0.2, 0) is 6.54 Å². The van der Waals surface area contributed by atoms with Crippen molar-refractivity contribution < 1.29 is 9.13 Å². The lowest BCUT2D eigenvalue weighted by molar-refractivity contribution is 0.197. The molecule has 0 unspecified atom stereocenters. The number of hydrogen-bond acceptors (Lipinski definition) is 3. The van der Waals surface area contributed by atoms with Crippen molar-refractivity contribution in [2.75, 3.05) is 26.7 Å². The van der Waals surface area contributed by atoms with Crippen LogP contribution in [0.2, 0.25) is 0 Å². The van der Waals surface area contributed by atoms with Gasteiger partial charge in [-0.25, -0.2) is 4.39 Å². The Hall–Kier alpha value is -1.13. The highest BCUT2D eigenvalue weighted by Crippen LogP contribution is 2.18. The van der Waals surface area contributed by atoms with E-state index in [1.54, 1.807) is 19.2 Å². The highest BCUT2D eigenvalue weighted by Gasteiger charge is 2.17. The third kappa shape index (κ3) is 3.17. The molecule has 1 aromatic carbocycles. The zero-order valence-corrected chi connectivity index (χ0v) is 10.4. The van der Waals surface area contributed by atoms with Crippen LogP contribution < -0.4 is 10.1 Å². The van der Waals surface area contributed by atoms with Gasteiger partial charge in [-0.15, -0.1) is 0 Å². The maximum absolute atomic E-state index is 13.7. The molecule has 0 bridgehead atoms. The van der Waals surface area contributed by atoms with E-state index in [4.69, 9.17) is 4.74 Å². The van der Waals surface area contributed by atoms with Gasteiger partial charge in [-0.1, -0.05) is 0 Å². The van der Waals surface area contributed by atoms with E-state index in [0.29, 0.717) is 23.9 Å². The lowest BCUT2D eigenvalue weighted by Gasteiger charge is -2.31. The topological polar surface area (TPSA) is 24.5 Å². The summed E-state index contributed by atoms with van der Waals surface area (Å²) >= 11 is 0. The zero-order valence-electron chi connectivity index (χ0n) is 10.4. The van der Waals surface area contributed by atoms with E-state index in [-0.39, 0.29) is 5.82 Å². The maximum Gasteiger partial charge on any atom is 0.127 e. The van der Waals surface area contributed by atoms with E-state index in [0.717, 1.165) is 19.6 Å². The summed E-state index contributed by atoms with van der Waals surface area (Å²) in [6.07, 6.45) is 0. The van der Waals surface area contributed by atoms with E-state index in [2.05, 4.69) is 17.1 Å². The Balaban J connectivity index is 2.06. The molecule has 4 heteroatoms. The van der Waals surface area contributed by atoms with Gasteiger partial charge in [0.15, 0.2) is 0 Å². The highest BCUT2D eigenvalue weighted by atomic mass is 19.1. The molecule has 1 N–H and O–H groups in total. The van der Waals surface area contributed by atoms with Gasteiger partial charge in [-0.05, 0) is 25.1 Å². The quantitative estimate of drug-likeness (QED) is 0.866. The van der Waals surface area contributed by atoms with Crippen LogP contribution in [-0.4, -0.2) is 37.7 Å². The van der Waals surface area contributed by atoms with Gasteiger partial charge in [0, 0.05) is 37.8 Å². The van der Waals surface area contributed by atoms with Gasteiger partial charge in [-0.2, -0.15) is 0 Å². The average Bonchev–Trinajstić information content (AvgIpc) is 2.32. The molecule has 94 valence electrons. The average molecular weight is 238 g/mol. The van der Waals surface area contributed by atoms with E-state index >= 15 is 0 Å². The van der Waals surface area contributed by atoms with Gasteiger partial charge in [0.2, 0.25) is 0 Å². The summed E-state index contributed by atoms with van der Waals surface area (Å²) in [5, 5.41) is 3.37. The van der Waals surface area contributed by atoms with E-state index in [9.17, 15) is 4.39 Å². The van der Waals surface area contributed by atoms with Crippen molar-refractivity contribution in [2.45, 2.75) is 19.5 Å². The number of halogens is 1. The predicted octanol–water partition coefficient (Wildman–Crippen LogP) is 1.63. The van der Waals surface area contributed by atoms with Crippen molar-refractivity contribution in [2.24, 2.45) is 0 Å². The van der Waals surface area contributed by atoms with Gasteiger partial charge >= 0.3 is 0 Å². The first-order valence-electron chi connectivity index (χ1n) is 5.97. The van der Waals surface area contributed by atoms with Crippen molar-refractivity contribution in [3.63, 3.8) is 0 Å². The van der Waals surface area contributed by atoms with Crippen molar-refractivity contribution in [1.82, 2.24) is 10.2 Å². The molecular formula is C13H19FN2O. The Morgan fingerprint density at radius 1 is 1.53 bits per heavy atom. The Labute approximate surface area is 102 Å². The van der Waals surface area contributed by atoms with Crippen molar-refractivity contribution in [3.05, 3.63) is 29.6 Å². The number of rotatable bonds is 3. The summed E-state index contributed by atoms with van der Waals surface area (Å²) in [6.45, 7) is 5.67. The largest absolute Gasteiger partial charge is 0.497 e. The standard InChI is InChI=1S/C13H19FN2O/c1-10-8-16(6-5-15-10)9-11-7-12(17-2)3-4-13(11)14/h3-4,7,10,15H,5-6,8-9H2,1-2H3/t10-/m0/s1. The molecule has 2 rings (SSSR count). The molecule has 1 saturated heterocycles. The lowest BCUT2D eigenvalue weighted by Crippen LogP contribution is -2.48. The molecule has 0 aliphatic carbocycles. The number of benzene rings is 1. The fourth-order valence-electron chi connectivity index (χ4n) is 2.20. The zero-order chi connectivity index (χ0) is 12.3. The molecule has 1 heterocycles. The molecule has 1 aromatic rings. The molecule has 1 aliphatic rings. The first-order chi connectivity index (χ1) is 8.19. The lowest BCUT2D eigenvalue weighted by atomic mass is 10.1. The summed E-state index contributed by atoms with van der Waals surface area (Å²) in [5.74, 6) is 0.557. The van der Waals surface area contributed by atoms with Crippen molar-refractivity contribution in [1.29, 1.82) is 0 Å². The van der Waals surface area contributed by atoms with Crippen molar-refractivity contribution >= 4 is 0 Å². The van der Waals surface area contributed by atoms with Crippen LogP contribution in [0.25, 0.3) is 0 Å². The van der Waals surface area contributed by atoms with Crippen LogP contribution in [0, 0.1) is 5.82 Å². The summed E-state index contributed by atoms with van der Waals surface area (Å²) in [7, 11) is 1.60. The third-order valence-corrected chi connectivity index (χ3v) is 3.10. The summed E-state index contributed by atoms with van der Waals surface area (Å²) < 4.78 is 18.8. The smallest absolute Gasteiger partial charge is 0.127 e. The van der Waals surface area contributed by atoms with Gasteiger partial charge in [-0.3, -0.25) is 4.90 Å². The SMILES string of the molecule is COc1ccc(F)c(CN2CCN[C@@H](C)C2)c1. The maximum atomic E-state index is 13.7. The van der Waals surface area contributed by atoms with Crippen LogP contribution in [0.5, 0.6) is 5.75 Å². The fraction of sp³-hybridized carbons (Fsp3) is 0.538. The minimum atomic E-state index is -0.156. The van der Waals surface area contributed by atoms with Gasteiger partial charge in [0.05, 0.1) is 7.11 Å². The fourth-order valence-corrected chi connectivity index (χ4v) is 2.20. The first kappa shape index (κ1) is 12.3. The molecule has 0 amide bonds. The molecule has 0 spiro atoms. The molecule has 1 aliphatic heterocycles. The normalized spacial score (nSPS) is 21.5. The van der Waals surface area contributed by atoms with Gasteiger partial charge in [0.1, 0.15) is 11.6 Å². The molecule has 0 radical (unpaired) electrons. The Bertz CT molecular complexity index is 384. The molecule has 17 heavy (non-hydrogen) atoms. The molecular weight excluding hydrogens is 219 g/mol. The number of methoxy groups -OCH3 is 1. The van der Waals surface area contributed by atoms with Crippen LogP contribution in [0.1, 0.15) is 12.5 Å². The Morgan fingerprint density at radius 2 is 2.35 bits per heavy atom. The second-order valence-electron chi connectivity index (χ2n) is 4.55. The van der Waals surface area contributed by atoms with E-state index in [1.807, 2.05) is 0 Å². The Kier molecular flexibility index (Phi) is 3.97. The van der Waals surface area contributed by atoms with Gasteiger partial charge < -0.3 is 10.1 Å². The number of ether oxygens (including phenoxy) is 1. The monoisotopic (exact) mass is 238 g/mol. The number of piperazine rings is 1. The highest BCUT2D eigenvalue weighted by molar-refractivity contribution is 5.29. The molecule has 0 saturated carbocycles. The van der Waals surface area contributed by atoms with Crippen LogP contribution in [0.3, 0.4) is 0 Å². The second-order valence-corrected chi connectivity index (χ2v) is 4.55. The molecule has 3 nitrogen and oxygen atoms in total. The molecule has 0 aromatic heterocycles. The number of hydrogen-bond donors (Lipinski definition) is 1. The second kappa shape index (κ2) is 5.47. The summed E-state index contributed by atoms with van der Waals surface area (Å²) in [5.41, 5.74) is 0.707. The van der Waals surface area contributed by atoms with E-state index < -0.39 is 0 Å². The Morgan fingerprint density at radius 3 is 3.06 bits per heavy atom. The van der Waals surface area contributed by atoms with Crippen LogP contribution in [0.4, 0.5) is 4.39 Å². The summed E-state index contributed by atoms with van der Waals surface area (Å²) in [6, 6.07) is 5.37. The minimum Gasteiger partial charge on any atom is -0.497 e. The third-order valence-electron chi connectivity index (χ3n) is 3.10. The predicted molar refractivity (Wildman–Crippen MR) is 65.7 cm³/mol. The van der Waals surface area contributed by atoms with E-state index in [1.165, 1.54) is 6.07 Å². The van der Waals surface area contributed by atoms with Gasteiger partial charge in [0.25, 0.3) is 0 Å². The number of nitrogens with zero attached hydrogens (tertiary/aromatic N) is 1. The molecule has 1 atom stereocenters. The van der Waals surface area contributed by atoms with Crippen LogP contribution >= 0.6 is 0 Å². The molecule has 1 fully saturated rings. The minimum absolute atomic E-state index is 0.156. The summed E-state index contributed by atoms with van der Waals surface area (Å²) in [4.78, 5) is 2.26. The van der Waals surface area contributed by atoms with Crippen molar-refractivity contribution in [3.8, 4) is 5.75 Å². The van der Waals surface area contributed by atoms with Crippen LogP contribution in [0.15, 0.2) is 18.2 Å².